The van der Waals surface area contributed by atoms with Gasteiger partial charge in [-0.05, 0) is 30.9 Å². The number of rotatable bonds is 6. The van der Waals surface area contributed by atoms with Gasteiger partial charge in [-0.3, -0.25) is 0 Å². The Morgan fingerprint density at radius 3 is 2.62 bits per heavy atom. The minimum atomic E-state index is -0.199. The largest absolute Gasteiger partial charge is 0.493 e. The average molecular weight is 222 g/mol. The molecule has 1 aromatic carbocycles. The van der Waals surface area contributed by atoms with Crippen molar-refractivity contribution in [3.05, 3.63) is 24.3 Å². The highest BCUT2D eigenvalue weighted by Crippen LogP contribution is 2.34. The van der Waals surface area contributed by atoms with Crippen molar-refractivity contribution in [3.8, 4) is 11.5 Å². The molecule has 0 spiro atoms. The van der Waals surface area contributed by atoms with Crippen molar-refractivity contribution >= 4 is 0 Å². The Hall–Kier alpha value is -1.22. The molecule has 1 N–H and O–H groups in total. The number of aliphatic hydroxyl groups excluding tert-OH is 1. The predicted octanol–water partition coefficient (Wildman–Crippen LogP) is 2.24. The first kappa shape index (κ1) is 11.3. The van der Waals surface area contributed by atoms with Gasteiger partial charge in [0.15, 0.2) is 11.5 Å². The first-order chi connectivity index (χ1) is 7.81. The van der Waals surface area contributed by atoms with Crippen LogP contribution in [0.15, 0.2) is 24.3 Å². The van der Waals surface area contributed by atoms with Gasteiger partial charge in [-0.15, -0.1) is 0 Å². The number of aliphatic hydroxyl groups is 1. The highest BCUT2D eigenvalue weighted by Gasteiger charge is 2.29. The van der Waals surface area contributed by atoms with Crippen LogP contribution in [0.1, 0.15) is 19.3 Å². The summed E-state index contributed by atoms with van der Waals surface area (Å²) < 4.78 is 10.8. The molecule has 3 heteroatoms. The normalized spacial score (nSPS) is 16.9. The standard InChI is InChI=1S/C13H18O3/c1-15-12-4-2-3-5-13(12)16-9-8-11(14)10-6-7-10/h2-5,10-11,14H,6-9H2,1H3. The topological polar surface area (TPSA) is 38.7 Å². The Kier molecular flexibility index (Phi) is 3.67. The molecule has 1 unspecified atom stereocenters. The molecular weight excluding hydrogens is 204 g/mol. The van der Waals surface area contributed by atoms with E-state index in [1.165, 1.54) is 0 Å². The summed E-state index contributed by atoms with van der Waals surface area (Å²) in [6, 6.07) is 7.56. The zero-order valence-electron chi connectivity index (χ0n) is 9.56. The van der Waals surface area contributed by atoms with E-state index in [1.807, 2.05) is 24.3 Å². The minimum absolute atomic E-state index is 0.199. The van der Waals surface area contributed by atoms with Crippen molar-refractivity contribution in [1.82, 2.24) is 0 Å². The fourth-order valence-corrected chi connectivity index (χ4v) is 1.74. The zero-order chi connectivity index (χ0) is 11.4. The van der Waals surface area contributed by atoms with Gasteiger partial charge in [-0.2, -0.15) is 0 Å². The summed E-state index contributed by atoms with van der Waals surface area (Å²) in [5, 5.41) is 9.68. The second kappa shape index (κ2) is 5.21. The number of para-hydroxylation sites is 2. The summed E-state index contributed by atoms with van der Waals surface area (Å²) in [6.45, 7) is 0.540. The lowest BCUT2D eigenvalue weighted by atomic mass is 10.2. The van der Waals surface area contributed by atoms with Gasteiger partial charge in [0.2, 0.25) is 0 Å². The molecule has 2 rings (SSSR count). The maximum Gasteiger partial charge on any atom is 0.161 e. The number of ether oxygens (including phenoxy) is 2. The molecule has 1 fully saturated rings. The van der Waals surface area contributed by atoms with Gasteiger partial charge >= 0.3 is 0 Å². The lowest BCUT2D eigenvalue weighted by Gasteiger charge is -2.12. The number of benzene rings is 1. The third-order valence-corrected chi connectivity index (χ3v) is 2.91. The van der Waals surface area contributed by atoms with Crippen LogP contribution >= 0.6 is 0 Å². The van der Waals surface area contributed by atoms with Crippen molar-refractivity contribution in [2.75, 3.05) is 13.7 Å². The van der Waals surface area contributed by atoms with Gasteiger partial charge in [0.25, 0.3) is 0 Å². The van der Waals surface area contributed by atoms with Crippen LogP contribution in [0.4, 0.5) is 0 Å². The summed E-state index contributed by atoms with van der Waals surface area (Å²) in [5.74, 6) is 2.00. The molecule has 0 amide bonds. The molecule has 0 bridgehead atoms. The summed E-state index contributed by atoms with van der Waals surface area (Å²) >= 11 is 0. The Labute approximate surface area is 96.0 Å². The summed E-state index contributed by atoms with van der Waals surface area (Å²) in [5.41, 5.74) is 0. The second-order valence-corrected chi connectivity index (χ2v) is 4.19. The van der Waals surface area contributed by atoms with Crippen molar-refractivity contribution in [3.63, 3.8) is 0 Å². The van der Waals surface area contributed by atoms with Gasteiger partial charge in [-0.1, -0.05) is 12.1 Å². The van der Waals surface area contributed by atoms with E-state index in [9.17, 15) is 5.11 Å². The first-order valence-electron chi connectivity index (χ1n) is 5.75. The number of methoxy groups -OCH3 is 1. The molecule has 0 radical (unpaired) electrons. The third kappa shape index (κ3) is 2.89. The highest BCUT2D eigenvalue weighted by atomic mass is 16.5. The lowest BCUT2D eigenvalue weighted by molar-refractivity contribution is 0.118. The van der Waals surface area contributed by atoms with Crippen LogP contribution in [0.5, 0.6) is 11.5 Å². The van der Waals surface area contributed by atoms with Crippen LogP contribution < -0.4 is 9.47 Å². The van der Waals surface area contributed by atoms with Crippen LogP contribution in [0.3, 0.4) is 0 Å². The number of hydrogen-bond acceptors (Lipinski definition) is 3. The molecule has 1 saturated carbocycles. The molecule has 1 aromatic rings. The fourth-order valence-electron chi connectivity index (χ4n) is 1.74. The van der Waals surface area contributed by atoms with Crippen LogP contribution in [-0.4, -0.2) is 24.9 Å². The summed E-state index contributed by atoms with van der Waals surface area (Å²) in [7, 11) is 1.63. The minimum Gasteiger partial charge on any atom is -0.493 e. The van der Waals surface area contributed by atoms with E-state index in [2.05, 4.69) is 0 Å². The summed E-state index contributed by atoms with van der Waals surface area (Å²) in [6.07, 6.45) is 2.82. The van der Waals surface area contributed by atoms with Gasteiger partial charge in [0, 0.05) is 6.42 Å². The molecule has 0 heterocycles. The van der Waals surface area contributed by atoms with Gasteiger partial charge in [0.05, 0.1) is 19.8 Å². The third-order valence-electron chi connectivity index (χ3n) is 2.91. The van der Waals surface area contributed by atoms with Crippen molar-refractivity contribution < 1.29 is 14.6 Å². The molecule has 0 saturated heterocycles. The molecule has 1 aliphatic rings. The van der Waals surface area contributed by atoms with E-state index in [0.29, 0.717) is 18.9 Å². The molecule has 0 aromatic heterocycles. The molecule has 1 aliphatic carbocycles. The molecule has 16 heavy (non-hydrogen) atoms. The fraction of sp³-hybridized carbons (Fsp3) is 0.538. The van der Waals surface area contributed by atoms with Crippen molar-refractivity contribution in [2.24, 2.45) is 5.92 Å². The Morgan fingerprint density at radius 2 is 2.00 bits per heavy atom. The van der Waals surface area contributed by atoms with Crippen molar-refractivity contribution in [2.45, 2.75) is 25.4 Å². The van der Waals surface area contributed by atoms with E-state index in [0.717, 1.165) is 24.3 Å². The molecular formula is C13H18O3. The van der Waals surface area contributed by atoms with E-state index >= 15 is 0 Å². The van der Waals surface area contributed by atoms with E-state index in [-0.39, 0.29) is 6.10 Å². The summed E-state index contributed by atoms with van der Waals surface area (Å²) in [4.78, 5) is 0. The molecule has 88 valence electrons. The van der Waals surface area contributed by atoms with E-state index < -0.39 is 0 Å². The monoisotopic (exact) mass is 222 g/mol. The molecule has 0 aliphatic heterocycles. The van der Waals surface area contributed by atoms with Crippen molar-refractivity contribution in [1.29, 1.82) is 0 Å². The highest BCUT2D eigenvalue weighted by molar-refractivity contribution is 5.39. The smallest absolute Gasteiger partial charge is 0.161 e. The zero-order valence-corrected chi connectivity index (χ0v) is 9.56. The van der Waals surface area contributed by atoms with Gasteiger partial charge in [0.1, 0.15) is 0 Å². The maximum atomic E-state index is 9.68. The number of hydrogen-bond donors (Lipinski definition) is 1. The Balaban J connectivity index is 1.79. The molecule has 1 atom stereocenters. The first-order valence-corrected chi connectivity index (χ1v) is 5.75. The van der Waals surface area contributed by atoms with Crippen LogP contribution in [0.2, 0.25) is 0 Å². The van der Waals surface area contributed by atoms with Crippen LogP contribution in [0, 0.1) is 5.92 Å². The second-order valence-electron chi connectivity index (χ2n) is 4.19. The maximum absolute atomic E-state index is 9.68. The predicted molar refractivity (Wildman–Crippen MR) is 61.8 cm³/mol. The van der Waals surface area contributed by atoms with E-state index in [1.54, 1.807) is 7.11 Å². The van der Waals surface area contributed by atoms with Crippen LogP contribution in [0.25, 0.3) is 0 Å². The molecule has 3 nitrogen and oxygen atoms in total. The quantitative estimate of drug-likeness (QED) is 0.802. The lowest BCUT2D eigenvalue weighted by Crippen LogP contribution is -2.14. The van der Waals surface area contributed by atoms with Gasteiger partial charge in [-0.25, -0.2) is 0 Å². The Morgan fingerprint density at radius 1 is 1.31 bits per heavy atom. The van der Waals surface area contributed by atoms with Gasteiger partial charge < -0.3 is 14.6 Å². The Bertz CT molecular complexity index is 334. The van der Waals surface area contributed by atoms with Crippen LogP contribution in [-0.2, 0) is 0 Å². The SMILES string of the molecule is COc1ccccc1OCCC(O)C1CC1. The average Bonchev–Trinajstić information content (AvgIpc) is 3.13. The van der Waals surface area contributed by atoms with E-state index in [4.69, 9.17) is 9.47 Å².